The topological polar surface area (TPSA) is 134 Å². The summed E-state index contributed by atoms with van der Waals surface area (Å²) in [5.74, 6) is -0.0489. The minimum atomic E-state index is -0.662. The maximum Gasteiger partial charge on any atom is 0.311 e. The van der Waals surface area contributed by atoms with Crippen LogP contribution in [0.5, 0.6) is 11.6 Å². The van der Waals surface area contributed by atoms with E-state index < -0.39 is 9.85 Å². The zero-order valence-corrected chi connectivity index (χ0v) is 10.8. The number of aromatic nitrogens is 1. The van der Waals surface area contributed by atoms with Gasteiger partial charge in [0, 0.05) is 18.2 Å². The molecule has 0 aliphatic rings. The van der Waals surface area contributed by atoms with Crippen molar-refractivity contribution in [3.8, 4) is 11.6 Å². The number of hydrogen-bond donors (Lipinski definition) is 1. The highest BCUT2D eigenvalue weighted by molar-refractivity contribution is 5.54. The Morgan fingerprint density at radius 1 is 1.10 bits per heavy atom. The summed E-state index contributed by atoms with van der Waals surface area (Å²) in [6.07, 6.45) is 0. The normalized spacial score (nSPS) is 10.1. The van der Waals surface area contributed by atoms with E-state index in [4.69, 9.17) is 10.5 Å². The lowest BCUT2D eigenvalue weighted by Crippen LogP contribution is -2.00. The summed E-state index contributed by atoms with van der Waals surface area (Å²) in [6.45, 7) is 1.53. The highest BCUT2D eigenvalue weighted by Crippen LogP contribution is 2.31. The predicted octanol–water partition coefficient (Wildman–Crippen LogP) is 2.58. The number of rotatable bonds is 4. The lowest BCUT2D eigenvalue weighted by molar-refractivity contribution is -0.385. The molecule has 0 spiro atoms. The molecule has 0 aliphatic carbocycles. The Morgan fingerprint density at radius 3 is 2.33 bits per heavy atom. The van der Waals surface area contributed by atoms with Crippen LogP contribution < -0.4 is 10.5 Å². The summed E-state index contributed by atoms with van der Waals surface area (Å²) in [6, 6.07) is 6.77. The van der Waals surface area contributed by atoms with Crippen molar-refractivity contribution in [1.82, 2.24) is 4.98 Å². The molecule has 0 fully saturated rings. The van der Waals surface area contributed by atoms with Crippen LogP contribution in [-0.4, -0.2) is 14.8 Å². The van der Waals surface area contributed by atoms with Gasteiger partial charge in [-0.05, 0) is 13.0 Å². The smallest absolute Gasteiger partial charge is 0.311 e. The Bertz CT molecular complexity index is 732. The van der Waals surface area contributed by atoms with Crippen LogP contribution in [0.1, 0.15) is 5.56 Å². The maximum absolute atomic E-state index is 10.8. The molecule has 108 valence electrons. The van der Waals surface area contributed by atoms with E-state index in [1.165, 1.54) is 31.2 Å². The number of anilines is 1. The van der Waals surface area contributed by atoms with Gasteiger partial charge in [-0.2, -0.15) is 4.98 Å². The fourth-order valence-electron chi connectivity index (χ4n) is 1.68. The molecule has 0 amide bonds. The Hall–Kier alpha value is -3.23. The van der Waals surface area contributed by atoms with E-state index in [-0.39, 0.29) is 28.8 Å². The van der Waals surface area contributed by atoms with Crippen molar-refractivity contribution in [3.63, 3.8) is 0 Å². The summed E-state index contributed by atoms with van der Waals surface area (Å²) < 4.78 is 5.40. The highest BCUT2D eigenvalue weighted by Gasteiger charge is 2.17. The Balaban J connectivity index is 2.35. The standard InChI is InChI=1S/C12H10N4O5/c1-7-8(15(17)18)3-2-4-10(7)21-11-6-5-9(16(19)20)12(13)14-11/h2-6H,1H3,(H2,13,14). The SMILES string of the molecule is Cc1c(Oc2ccc([N+](=O)[O-])c(N)n2)cccc1[N+](=O)[O-]. The molecule has 0 radical (unpaired) electrons. The number of hydrogen-bond acceptors (Lipinski definition) is 7. The van der Waals surface area contributed by atoms with E-state index in [2.05, 4.69) is 4.98 Å². The quantitative estimate of drug-likeness (QED) is 0.675. The monoisotopic (exact) mass is 290 g/mol. The molecule has 0 atom stereocenters. The van der Waals surface area contributed by atoms with Gasteiger partial charge in [-0.1, -0.05) is 6.07 Å². The molecule has 0 unspecified atom stereocenters. The summed E-state index contributed by atoms with van der Waals surface area (Å²) >= 11 is 0. The molecular weight excluding hydrogens is 280 g/mol. The number of nitro benzene ring substituents is 1. The number of nitrogens with zero attached hydrogens (tertiary/aromatic N) is 3. The average molecular weight is 290 g/mol. The molecule has 0 saturated heterocycles. The minimum absolute atomic E-state index is 0.0155. The lowest BCUT2D eigenvalue weighted by atomic mass is 10.2. The van der Waals surface area contributed by atoms with Gasteiger partial charge in [-0.15, -0.1) is 0 Å². The summed E-state index contributed by atoms with van der Waals surface area (Å²) in [4.78, 5) is 24.0. The first-order chi connectivity index (χ1) is 9.90. The Kier molecular flexibility index (Phi) is 3.65. The zero-order chi connectivity index (χ0) is 15.6. The largest absolute Gasteiger partial charge is 0.438 e. The fourth-order valence-corrected chi connectivity index (χ4v) is 1.68. The molecule has 9 nitrogen and oxygen atoms in total. The van der Waals surface area contributed by atoms with Gasteiger partial charge >= 0.3 is 5.69 Å². The van der Waals surface area contributed by atoms with Crippen LogP contribution in [0.25, 0.3) is 0 Å². The van der Waals surface area contributed by atoms with Crippen molar-refractivity contribution in [1.29, 1.82) is 0 Å². The molecule has 1 heterocycles. The predicted molar refractivity (Wildman–Crippen MR) is 73.2 cm³/mol. The van der Waals surface area contributed by atoms with Gasteiger partial charge in [0.2, 0.25) is 11.7 Å². The molecule has 2 aromatic rings. The van der Waals surface area contributed by atoms with E-state index in [1.807, 2.05) is 0 Å². The molecule has 1 aromatic heterocycles. The third-order valence-electron chi connectivity index (χ3n) is 2.74. The molecule has 2 N–H and O–H groups in total. The van der Waals surface area contributed by atoms with Crippen LogP contribution >= 0.6 is 0 Å². The van der Waals surface area contributed by atoms with Gasteiger partial charge in [0.1, 0.15) is 5.75 Å². The second-order valence-corrected chi connectivity index (χ2v) is 4.07. The zero-order valence-electron chi connectivity index (χ0n) is 10.8. The lowest BCUT2D eigenvalue weighted by Gasteiger charge is -2.08. The number of nitro groups is 2. The second kappa shape index (κ2) is 5.41. The Labute approximate surface area is 118 Å². The molecular formula is C12H10N4O5. The van der Waals surface area contributed by atoms with Crippen LogP contribution in [0.15, 0.2) is 30.3 Å². The molecule has 21 heavy (non-hydrogen) atoms. The van der Waals surface area contributed by atoms with Gasteiger partial charge in [0.25, 0.3) is 5.69 Å². The molecule has 0 bridgehead atoms. The van der Waals surface area contributed by atoms with Crippen molar-refractivity contribution >= 4 is 17.2 Å². The third-order valence-corrected chi connectivity index (χ3v) is 2.74. The first-order valence-electron chi connectivity index (χ1n) is 5.73. The van der Waals surface area contributed by atoms with Crippen molar-refractivity contribution in [2.75, 3.05) is 5.73 Å². The van der Waals surface area contributed by atoms with E-state index >= 15 is 0 Å². The number of nitrogens with two attached hydrogens (primary N) is 1. The number of benzene rings is 1. The van der Waals surface area contributed by atoms with Gasteiger partial charge in [-0.3, -0.25) is 20.2 Å². The van der Waals surface area contributed by atoms with Crippen molar-refractivity contribution in [2.24, 2.45) is 0 Å². The molecule has 9 heteroatoms. The van der Waals surface area contributed by atoms with Crippen LogP contribution in [0.2, 0.25) is 0 Å². The van der Waals surface area contributed by atoms with Gasteiger partial charge in [0.05, 0.1) is 15.4 Å². The van der Waals surface area contributed by atoms with E-state index in [9.17, 15) is 20.2 Å². The number of pyridine rings is 1. The molecule has 0 saturated carbocycles. The number of nitrogen functional groups attached to an aromatic ring is 1. The van der Waals surface area contributed by atoms with Crippen LogP contribution in [0.3, 0.4) is 0 Å². The Morgan fingerprint density at radius 2 is 1.76 bits per heavy atom. The summed E-state index contributed by atoms with van der Waals surface area (Å²) in [7, 11) is 0. The second-order valence-electron chi connectivity index (χ2n) is 4.07. The van der Waals surface area contributed by atoms with E-state index in [0.717, 1.165) is 6.07 Å². The van der Waals surface area contributed by atoms with Gasteiger partial charge < -0.3 is 10.5 Å². The van der Waals surface area contributed by atoms with E-state index in [0.29, 0.717) is 5.56 Å². The van der Waals surface area contributed by atoms with E-state index in [1.54, 1.807) is 0 Å². The van der Waals surface area contributed by atoms with Crippen molar-refractivity contribution in [2.45, 2.75) is 6.92 Å². The summed E-state index contributed by atoms with van der Waals surface area (Å²) in [5.41, 5.74) is 5.34. The number of ether oxygens (including phenoxy) is 1. The van der Waals surface area contributed by atoms with Gasteiger partial charge in [0.15, 0.2) is 0 Å². The van der Waals surface area contributed by atoms with Crippen LogP contribution in [0, 0.1) is 27.2 Å². The molecule has 0 aliphatic heterocycles. The first-order valence-corrected chi connectivity index (χ1v) is 5.73. The highest BCUT2D eigenvalue weighted by atomic mass is 16.6. The summed E-state index contributed by atoms with van der Waals surface area (Å²) in [5, 5.41) is 21.5. The fraction of sp³-hybridized carbons (Fsp3) is 0.0833. The third kappa shape index (κ3) is 2.86. The van der Waals surface area contributed by atoms with Crippen LogP contribution in [-0.2, 0) is 0 Å². The van der Waals surface area contributed by atoms with Crippen LogP contribution in [0.4, 0.5) is 17.2 Å². The first kappa shape index (κ1) is 14.2. The van der Waals surface area contributed by atoms with Crippen molar-refractivity contribution < 1.29 is 14.6 Å². The van der Waals surface area contributed by atoms with Crippen molar-refractivity contribution in [3.05, 3.63) is 56.1 Å². The van der Waals surface area contributed by atoms with Gasteiger partial charge in [-0.25, -0.2) is 0 Å². The maximum atomic E-state index is 10.8. The average Bonchev–Trinajstić information content (AvgIpc) is 2.40. The molecule has 1 aromatic carbocycles. The minimum Gasteiger partial charge on any atom is -0.438 e. The molecule has 2 rings (SSSR count).